The lowest BCUT2D eigenvalue weighted by Crippen LogP contribution is -2.46. The Labute approximate surface area is 224 Å². The summed E-state index contributed by atoms with van der Waals surface area (Å²) in [5.74, 6) is 1.87. The summed E-state index contributed by atoms with van der Waals surface area (Å²) >= 11 is 0. The molecule has 10 heteroatoms. The molecule has 3 heterocycles. The number of hydrogen-bond acceptors (Lipinski definition) is 7. The molecule has 2 aliphatic rings. The van der Waals surface area contributed by atoms with Crippen LogP contribution in [0.15, 0.2) is 48.9 Å². The second-order valence-electron chi connectivity index (χ2n) is 10.5. The maximum atomic E-state index is 13.1. The number of amides is 1. The van der Waals surface area contributed by atoms with Gasteiger partial charge >= 0.3 is 0 Å². The fourth-order valence-corrected chi connectivity index (χ4v) is 6.37. The summed E-state index contributed by atoms with van der Waals surface area (Å²) in [5, 5.41) is 3.10. The van der Waals surface area contributed by atoms with Crippen molar-refractivity contribution in [2.45, 2.75) is 57.4 Å². The van der Waals surface area contributed by atoms with Gasteiger partial charge in [0.25, 0.3) is 0 Å². The largest absolute Gasteiger partial charge is 0.493 e. The minimum Gasteiger partial charge on any atom is -0.493 e. The summed E-state index contributed by atoms with van der Waals surface area (Å²) in [6.45, 7) is 2.13. The molecular weight excluding hydrogens is 502 g/mol. The van der Waals surface area contributed by atoms with Gasteiger partial charge in [-0.3, -0.25) is 9.47 Å². The number of nitrogens with zero attached hydrogens (tertiary/aromatic N) is 5. The van der Waals surface area contributed by atoms with Crippen molar-refractivity contribution in [2.24, 2.45) is 5.92 Å². The van der Waals surface area contributed by atoms with Gasteiger partial charge in [-0.15, -0.1) is 0 Å². The molecule has 0 radical (unpaired) electrons. The molecule has 0 bridgehead atoms. The van der Waals surface area contributed by atoms with Gasteiger partial charge in [0.1, 0.15) is 15.6 Å². The number of likely N-dealkylation sites (tertiary alicyclic amines) is 1. The van der Waals surface area contributed by atoms with Crippen LogP contribution in [0.4, 0.5) is 5.95 Å². The molecule has 0 N–H and O–H groups in total. The van der Waals surface area contributed by atoms with E-state index in [4.69, 9.17) is 4.74 Å². The molecule has 3 aromatic rings. The molecule has 1 amide bonds. The fourth-order valence-electron chi connectivity index (χ4n) is 5.73. The fraction of sp³-hybridized carbons (Fsp3) is 0.536. The van der Waals surface area contributed by atoms with Gasteiger partial charge in [-0.05, 0) is 75.6 Å². The summed E-state index contributed by atoms with van der Waals surface area (Å²) in [5.41, 5.74) is 0.963. The molecular formula is C28H37N5O4S. The standard InChI is InChI=1S/C28H37N5O4S/c1-38(35,36)21-7-20-37-26-9-5-8-25-24(26)14-19-32(25)33(28-29-15-6-16-30-28)23-12-10-22(11-13-23)27(34)31-17-3-2-4-18-31/h5-6,8-9,14-16,19,22-23H,2-4,7,10-13,17-18,20-21H2,1H3. The smallest absolute Gasteiger partial charge is 0.245 e. The quantitative estimate of drug-likeness (QED) is 0.378. The Hall–Kier alpha value is -3.14. The van der Waals surface area contributed by atoms with Crippen molar-refractivity contribution in [1.29, 1.82) is 0 Å². The van der Waals surface area contributed by atoms with E-state index in [2.05, 4.69) is 24.6 Å². The molecule has 38 heavy (non-hydrogen) atoms. The van der Waals surface area contributed by atoms with Crippen molar-refractivity contribution in [3.05, 3.63) is 48.9 Å². The highest BCUT2D eigenvalue weighted by atomic mass is 32.2. The van der Waals surface area contributed by atoms with Crippen molar-refractivity contribution in [2.75, 3.05) is 36.7 Å². The van der Waals surface area contributed by atoms with Crippen molar-refractivity contribution in [1.82, 2.24) is 19.5 Å². The second-order valence-corrected chi connectivity index (χ2v) is 12.7. The Morgan fingerprint density at radius 2 is 1.76 bits per heavy atom. The normalized spacial score (nSPS) is 20.4. The van der Waals surface area contributed by atoms with E-state index in [1.54, 1.807) is 12.4 Å². The average molecular weight is 540 g/mol. The minimum absolute atomic E-state index is 0.0937. The van der Waals surface area contributed by atoms with E-state index in [-0.39, 0.29) is 17.7 Å². The van der Waals surface area contributed by atoms with Gasteiger partial charge in [0.05, 0.1) is 23.9 Å². The molecule has 1 aliphatic heterocycles. The van der Waals surface area contributed by atoms with Crippen LogP contribution in [0.1, 0.15) is 51.4 Å². The van der Waals surface area contributed by atoms with E-state index in [1.165, 1.54) is 12.7 Å². The number of aromatic nitrogens is 3. The Balaban J connectivity index is 1.35. The summed E-state index contributed by atoms with van der Waals surface area (Å²) in [6, 6.07) is 9.88. The molecule has 1 aromatic carbocycles. The third-order valence-corrected chi connectivity index (χ3v) is 8.67. The lowest BCUT2D eigenvalue weighted by Gasteiger charge is -2.38. The minimum atomic E-state index is -3.02. The average Bonchev–Trinajstić information content (AvgIpc) is 3.36. The molecule has 2 aromatic heterocycles. The first-order valence-electron chi connectivity index (χ1n) is 13.7. The highest BCUT2D eigenvalue weighted by molar-refractivity contribution is 7.90. The van der Waals surface area contributed by atoms with Crippen molar-refractivity contribution in [3.63, 3.8) is 0 Å². The van der Waals surface area contributed by atoms with E-state index >= 15 is 0 Å². The van der Waals surface area contributed by atoms with Crippen molar-refractivity contribution >= 4 is 32.6 Å². The Morgan fingerprint density at radius 1 is 1.03 bits per heavy atom. The highest BCUT2D eigenvalue weighted by Crippen LogP contribution is 2.34. The van der Waals surface area contributed by atoms with Crippen LogP contribution in [0.25, 0.3) is 10.9 Å². The number of sulfone groups is 1. The molecule has 1 saturated carbocycles. The molecule has 0 unspecified atom stereocenters. The van der Waals surface area contributed by atoms with Gasteiger partial charge in [0.2, 0.25) is 11.9 Å². The first-order chi connectivity index (χ1) is 18.4. The van der Waals surface area contributed by atoms with Crippen LogP contribution in [0.2, 0.25) is 0 Å². The Morgan fingerprint density at radius 3 is 2.47 bits per heavy atom. The van der Waals surface area contributed by atoms with Gasteiger partial charge in [-0.25, -0.2) is 23.4 Å². The van der Waals surface area contributed by atoms with Crippen LogP contribution in [0.3, 0.4) is 0 Å². The van der Waals surface area contributed by atoms with E-state index in [0.29, 0.717) is 24.9 Å². The molecule has 1 aliphatic carbocycles. The van der Waals surface area contributed by atoms with Crippen molar-refractivity contribution in [3.8, 4) is 5.75 Å². The third kappa shape index (κ3) is 6.11. The summed E-state index contributed by atoms with van der Waals surface area (Å²) < 4.78 is 31.0. The van der Waals surface area contributed by atoms with Gasteiger partial charge in [0.15, 0.2) is 0 Å². The predicted molar refractivity (Wildman–Crippen MR) is 148 cm³/mol. The number of anilines is 1. The molecule has 9 nitrogen and oxygen atoms in total. The Kier molecular flexibility index (Phi) is 8.16. The van der Waals surface area contributed by atoms with Crippen LogP contribution in [0, 0.1) is 5.92 Å². The van der Waals surface area contributed by atoms with E-state index in [1.807, 2.05) is 36.5 Å². The molecule has 0 spiro atoms. The van der Waals surface area contributed by atoms with Gasteiger partial charge in [-0.1, -0.05) is 6.07 Å². The van der Waals surface area contributed by atoms with Crippen LogP contribution < -0.4 is 9.75 Å². The van der Waals surface area contributed by atoms with Gasteiger partial charge in [-0.2, -0.15) is 0 Å². The number of fused-ring (bicyclic) bond motifs is 1. The second kappa shape index (κ2) is 11.7. The molecule has 204 valence electrons. The summed E-state index contributed by atoms with van der Waals surface area (Å²) in [7, 11) is -3.02. The van der Waals surface area contributed by atoms with Crippen LogP contribution in [-0.4, -0.2) is 71.6 Å². The van der Waals surface area contributed by atoms with Gasteiger partial charge < -0.3 is 9.64 Å². The number of rotatable bonds is 9. The first-order valence-corrected chi connectivity index (χ1v) is 15.7. The zero-order valence-corrected chi connectivity index (χ0v) is 22.9. The number of piperidine rings is 1. The maximum Gasteiger partial charge on any atom is 0.245 e. The predicted octanol–water partition coefficient (Wildman–Crippen LogP) is 4.09. The number of benzene rings is 1. The molecule has 0 atom stereocenters. The number of carbonyl (C=O) groups excluding carboxylic acids is 1. The maximum absolute atomic E-state index is 13.1. The first kappa shape index (κ1) is 26.5. The van der Waals surface area contributed by atoms with Crippen molar-refractivity contribution < 1.29 is 17.9 Å². The van der Waals surface area contributed by atoms with E-state index in [9.17, 15) is 13.2 Å². The van der Waals surface area contributed by atoms with Crippen LogP contribution >= 0.6 is 0 Å². The number of carbonyl (C=O) groups is 1. The molecule has 1 saturated heterocycles. The zero-order chi connectivity index (χ0) is 26.5. The SMILES string of the molecule is CS(=O)(=O)CCCOc1cccc2c1ccn2N(c1ncccn1)C1CCC(C(=O)N2CCCCC2)CC1. The monoisotopic (exact) mass is 539 g/mol. The highest BCUT2D eigenvalue weighted by Gasteiger charge is 2.34. The number of hydrogen-bond donors (Lipinski definition) is 0. The number of ether oxygens (including phenoxy) is 1. The molecule has 2 fully saturated rings. The van der Waals surface area contributed by atoms with Crippen LogP contribution in [0.5, 0.6) is 5.75 Å². The summed E-state index contributed by atoms with van der Waals surface area (Å²) in [6.07, 6.45) is 14.1. The van der Waals surface area contributed by atoms with E-state index in [0.717, 1.165) is 68.3 Å². The van der Waals surface area contributed by atoms with E-state index < -0.39 is 9.84 Å². The molecule has 5 rings (SSSR count). The lowest BCUT2D eigenvalue weighted by atomic mass is 9.84. The van der Waals surface area contributed by atoms with Crippen LogP contribution in [-0.2, 0) is 14.6 Å². The third-order valence-electron chi connectivity index (χ3n) is 7.64. The Bertz CT molecular complexity index is 1330. The lowest BCUT2D eigenvalue weighted by molar-refractivity contribution is -0.137. The van der Waals surface area contributed by atoms with Gasteiger partial charge in [0, 0.05) is 49.2 Å². The topological polar surface area (TPSA) is 97.6 Å². The summed E-state index contributed by atoms with van der Waals surface area (Å²) in [4.78, 5) is 24.4. The zero-order valence-electron chi connectivity index (χ0n) is 22.0.